The van der Waals surface area contributed by atoms with Crippen molar-refractivity contribution >= 4 is 72.3 Å². The third-order valence-corrected chi connectivity index (χ3v) is 7.68. The molecule has 6 rings (SSSR count). The molecule has 0 aliphatic heterocycles. The first-order valence-corrected chi connectivity index (χ1v) is 12.8. The highest BCUT2D eigenvalue weighted by molar-refractivity contribution is 7.18. The van der Waals surface area contributed by atoms with E-state index < -0.39 is 10.8 Å². The molecule has 1 N–H and O–H groups in total. The van der Waals surface area contributed by atoms with Gasteiger partial charge in [0.1, 0.15) is 5.82 Å². The molecular weight excluding hydrogens is 534 g/mol. The molecule has 0 atom stereocenters. The zero-order chi connectivity index (χ0) is 25.7. The standard InChI is InChI=1S/C24H14ClN7O3S2/c1-12-27-17-9-13(5-6-18(17)36-12)21-28-22(30-24(33)19-7-8-20(37-19)32(34)35)16-11-26-31(23(16)29-21)15-4-2-3-14(25)10-15/h2-11H,1H3,(H,28,29,30,33). The van der Waals surface area contributed by atoms with Crippen LogP contribution in [0.5, 0.6) is 0 Å². The van der Waals surface area contributed by atoms with Gasteiger partial charge in [-0.2, -0.15) is 5.10 Å². The molecule has 0 saturated heterocycles. The minimum atomic E-state index is -0.534. The van der Waals surface area contributed by atoms with Crippen molar-refractivity contribution in [2.24, 2.45) is 0 Å². The molecule has 0 aliphatic rings. The van der Waals surface area contributed by atoms with Crippen LogP contribution in [0, 0.1) is 17.0 Å². The van der Waals surface area contributed by atoms with Crippen LogP contribution in [-0.2, 0) is 0 Å². The van der Waals surface area contributed by atoms with Crippen molar-refractivity contribution in [1.29, 1.82) is 0 Å². The Hall–Kier alpha value is -4.26. The largest absolute Gasteiger partial charge is 0.324 e. The molecule has 0 fully saturated rings. The van der Waals surface area contributed by atoms with E-state index in [9.17, 15) is 14.9 Å². The summed E-state index contributed by atoms with van der Waals surface area (Å²) in [5.41, 5.74) is 2.67. The number of hydrogen-bond acceptors (Lipinski definition) is 9. The molecule has 1 amide bonds. The predicted octanol–water partition coefficient (Wildman–Crippen LogP) is 6.28. The van der Waals surface area contributed by atoms with E-state index in [1.807, 2.05) is 31.2 Å². The number of thiophene rings is 1. The maximum absolute atomic E-state index is 13.0. The summed E-state index contributed by atoms with van der Waals surface area (Å²) in [6.07, 6.45) is 1.56. The molecule has 0 unspecified atom stereocenters. The molecule has 6 aromatic rings. The zero-order valence-corrected chi connectivity index (χ0v) is 21.3. The fourth-order valence-corrected chi connectivity index (χ4v) is 5.54. The Morgan fingerprint density at radius 3 is 2.73 bits per heavy atom. The number of nitro groups is 1. The van der Waals surface area contributed by atoms with Crippen LogP contribution in [-0.4, -0.2) is 35.6 Å². The van der Waals surface area contributed by atoms with E-state index in [1.165, 1.54) is 12.1 Å². The molecule has 0 saturated carbocycles. The Kier molecular flexibility index (Phi) is 5.63. The maximum Gasteiger partial charge on any atom is 0.324 e. The summed E-state index contributed by atoms with van der Waals surface area (Å²) in [6, 6.07) is 15.6. The quantitative estimate of drug-likeness (QED) is 0.199. The smallest absolute Gasteiger partial charge is 0.305 e. The second-order valence-corrected chi connectivity index (χ2v) is 10.7. The lowest BCUT2D eigenvalue weighted by molar-refractivity contribution is -0.380. The van der Waals surface area contributed by atoms with Crippen LogP contribution in [0.3, 0.4) is 0 Å². The van der Waals surface area contributed by atoms with E-state index in [-0.39, 0.29) is 15.7 Å². The van der Waals surface area contributed by atoms with Gasteiger partial charge >= 0.3 is 5.00 Å². The van der Waals surface area contributed by atoms with E-state index in [2.05, 4.69) is 20.4 Å². The highest BCUT2D eigenvalue weighted by atomic mass is 35.5. The third-order valence-electron chi connectivity index (χ3n) is 5.46. The van der Waals surface area contributed by atoms with E-state index >= 15 is 0 Å². The number of aromatic nitrogens is 5. The number of aryl methyl sites for hydroxylation is 1. The number of nitrogens with zero attached hydrogens (tertiary/aromatic N) is 6. The lowest BCUT2D eigenvalue weighted by atomic mass is 10.2. The average molecular weight is 548 g/mol. The first-order valence-electron chi connectivity index (χ1n) is 10.8. The van der Waals surface area contributed by atoms with E-state index in [0.29, 0.717) is 33.1 Å². The van der Waals surface area contributed by atoms with Crippen LogP contribution in [0.25, 0.3) is 38.3 Å². The molecule has 13 heteroatoms. The van der Waals surface area contributed by atoms with Gasteiger partial charge in [0.2, 0.25) is 0 Å². The molecule has 2 aromatic carbocycles. The van der Waals surface area contributed by atoms with Gasteiger partial charge in [-0.25, -0.2) is 19.6 Å². The van der Waals surface area contributed by atoms with Crippen LogP contribution in [0.1, 0.15) is 14.7 Å². The topological polar surface area (TPSA) is 129 Å². The minimum Gasteiger partial charge on any atom is -0.305 e. The Morgan fingerprint density at radius 1 is 1.08 bits per heavy atom. The van der Waals surface area contributed by atoms with Crippen molar-refractivity contribution in [3.8, 4) is 17.1 Å². The summed E-state index contributed by atoms with van der Waals surface area (Å²) in [5.74, 6) is 0.0605. The first-order chi connectivity index (χ1) is 17.9. The highest BCUT2D eigenvalue weighted by Crippen LogP contribution is 2.31. The predicted molar refractivity (Wildman–Crippen MR) is 144 cm³/mol. The number of nitrogens with one attached hydrogen (secondary N) is 1. The van der Waals surface area contributed by atoms with E-state index in [4.69, 9.17) is 16.6 Å². The molecule has 0 radical (unpaired) electrons. The number of carbonyl (C=O) groups excluding carboxylic acids is 1. The molecule has 0 aliphatic carbocycles. The molecule has 4 heterocycles. The minimum absolute atomic E-state index is 0.126. The van der Waals surface area contributed by atoms with Crippen molar-refractivity contribution < 1.29 is 9.72 Å². The molecule has 37 heavy (non-hydrogen) atoms. The Morgan fingerprint density at radius 2 is 1.95 bits per heavy atom. The molecule has 0 spiro atoms. The summed E-state index contributed by atoms with van der Waals surface area (Å²) < 4.78 is 2.66. The lowest BCUT2D eigenvalue weighted by Gasteiger charge is -2.09. The van der Waals surface area contributed by atoms with Gasteiger partial charge in [-0.1, -0.05) is 29.0 Å². The first kappa shape index (κ1) is 23.2. The second kappa shape index (κ2) is 9.00. The van der Waals surface area contributed by atoms with Gasteiger partial charge in [0.15, 0.2) is 11.5 Å². The van der Waals surface area contributed by atoms with Gasteiger partial charge < -0.3 is 5.32 Å². The molecule has 182 valence electrons. The van der Waals surface area contributed by atoms with Gasteiger partial charge in [-0.3, -0.25) is 14.9 Å². The summed E-state index contributed by atoms with van der Waals surface area (Å²) in [4.78, 5) is 37.7. The number of carbonyl (C=O) groups is 1. The van der Waals surface area contributed by atoms with Gasteiger partial charge in [0.25, 0.3) is 5.91 Å². The lowest BCUT2D eigenvalue weighted by Crippen LogP contribution is -2.12. The average Bonchev–Trinajstić information content (AvgIpc) is 3.61. The summed E-state index contributed by atoms with van der Waals surface area (Å²) in [5, 5.41) is 20.2. The number of rotatable bonds is 5. The third kappa shape index (κ3) is 4.31. The number of thiazole rings is 1. The van der Waals surface area contributed by atoms with Gasteiger partial charge in [0, 0.05) is 16.7 Å². The Balaban J connectivity index is 1.50. The normalized spacial score (nSPS) is 11.3. The fourth-order valence-electron chi connectivity index (χ4n) is 3.83. The van der Waals surface area contributed by atoms with Crippen molar-refractivity contribution in [2.75, 3.05) is 5.32 Å². The van der Waals surface area contributed by atoms with E-state index in [0.717, 1.165) is 26.6 Å². The number of amides is 1. The van der Waals surface area contributed by atoms with Crippen LogP contribution in [0.4, 0.5) is 10.8 Å². The molecule has 4 aromatic heterocycles. The van der Waals surface area contributed by atoms with Gasteiger partial charge in [0.05, 0.1) is 42.3 Å². The Labute approximate surface area is 221 Å². The maximum atomic E-state index is 13.0. The Bertz CT molecular complexity index is 1860. The summed E-state index contributed by atoms with van der Waals surface area (Å²) in [7, 11) is 0. The molecule has 0 bridgehead atoms. The van der Waals surface area contributed by atoms with Crippen LogP contribution < -0.4 is 5.32 Å². The van der Waals surface area contributed by atoms with Crippen LogP contribution in [0.15, 0.2) is 60.8 Å². The van der Waals surface area contributed by atoms with Crippen molar-refractivity contribution in [3.05, 3.63) is 85.8 Å². The monoisotopic (exact) mass is 547 g/mol. The number of anilines is 1. The van der Waals surface area contributed by atoms with Crippen LogP contribution >= 0.6 is 34.3 Å². The number of benzene rings is 2. The number of hydrogen-bond donors (Lipinski definition) is 1. The number of halogens is 1. The SMILES string of the molecule is Cc1nc2cc(-c3nc(NC(=O)c4ccc([N+](=O)[O-])s4)c4cnn(-c5cccc(Cl)c5)c4n3)ccc2s1. The summed E-state index contributed by atoms with van der Waals surface area (Å²) >= 11 is 8.58. The highest BCUT2D eigenvalue weighted by Gasteiger charge is 2.20. The second-order valence-electron chi connectivity index (χ2n) is 7.93. The summed E-state index contributed by atoms with van der Waals surface area (Å²) in [6.45, 7) is 1.94. The zero-order valence-electron chi connectivity index (χ0n) is 18.9. The van der Waals surface area contributed by atoms with Crippen molar-refractivity contribution in [1.82, 2.24) is 24.7 Å². The van der Waals surface area contributed by atoms with Crippen molar-refractivity contribution in [3.63, 3.8) is 0 Å². The van der Waals surface area contributed by atoms with Gasteiger partial charge in [-0.05, 0) is 49.4 Å². The van der Waals surface area contributed by atoms with Crippen LogP contribution in [0.2, 0.25) is 5.02 Å². The molecular formula is C24H14ClN7O3S2. The van der Waals surface area contributed by atoms with Crippen molar-refractivity contribution in [2.45, 2.75) is 6.92 Å². The fraction of sp³-hybridized carbons (Fsp3) is 0.0417. The molecule has 10 nitrogen and oxygen atoms in total. The number of fused-ring (bicyclic) bond motifs is 2. The van der Waals surface area contributed by atoms with E-state index in [1.54, 1.807) is 40.4 Å². The van der Waals surface area contributed by atoms with Gasteiger partial charge in [-0.15, -0.1) is 11.3 Å².